The van der Waals surface area contributed by atoms with Crippen LogP contribution in [0.2, 0.25) is 10.0 Å². The van der Waals surface area contributed by atoms with Gasteiger partial charge in [0.25, 0.3) is 10.2 Å². The molecule has 1 saturated heterocycles. The fourth-order valence-corrected chi connectivity index (χ4v) is 4.17. The predicted octanol–water partition coefficient (Wildman–Crippen LogP) is 2.03. The second kappa shape index (κ2) is 8.51. The molecule has 6 nitrogen and oxygen atoms in total. The van der Waals surface area contributed by atoms with Crippen LogP contribution in [0.5, 0.6) is 0 Å². The zero-order chi connectivity index (χ0) is 16.4. The number of hydrogen-bond acceptors (Lipinski definition) is 4. The van der Waals surface area contributed by atoms with Crippen LogP contribution < -0.4 is 14.8 Å². The van der Waals surface area contributed by atoms with Crippen molar-refractivity contribution in [3.05, 3.63) is 33.8 Å². The third kappa shape index (κ3) is 5.44. The minimum absolute atomic E-state index is 0. The molecule has 0 spiro atoms. The van der Waals surface area contributed by atoms with E-state index in [1.165, 1.54) is 0 Å². The van der Waals surface area contributed by atoms with Gasteiger partial charge in [0, 0.05) is 19.1 Å². The molecule has 1 saturated carbocycles. The lowest BCUT2D eigenvalue weighted by Crippen LogP contribution is -2.49. The first-order chi connectivity index (χ1) is 10.9. The molecule has 1 aliphatic carbocycles. The molecule has 1 heterocycles. The van der Waals surface area contributed by atoms with Gasteiger partial charge in [0.2, 0.25) is 0 Å². The molecule has 0 aromatic heterocycles. The summed E-state index contributed by atoms with van der Waals surface area (Å²) in [6.07, 6.45) is 1.34. The van der Waals surface area contributed by atoms with E-state index in [0.717, 1.165) is 18.4 Å². The Morgan fingerprint density at radius 2 is 1.92 bits per heavy atom. The van der Waals surface area contributed by atoms with Gasteiger partial charge in [0.1, 0.15) is 6.10 Å². The van der Waals surface area contributed by atoms with Crippen molar-refractivity contribution in [3.63, 3.8) is 0 Å². The molecule has 2 fully saturated rings. The SMILES string of the molecule is Cl.O=S(=O)(NC1CC1)N[C@@H]1CNCCO[C@H]1c1ccc(Cl)c(Cl)c1. The Bertz CT molecular complexity index is 670. The third-order valence-electron chi connectivity index (χ3n) is 3.78. The highest BCUT2D eigenvalue weighted by Crippen LogP contribution is 2.30. The lowest BCUT2D eigenvalue weighted by Gasteiger charge is -2.26. The van der Waals surface area contributed by atoms with Crippen molar-refractivity contribution in [2.45, 2.75) is 31.0 Å². The maximum atomic E-state index is 12.2. The monoisotopic (exact) mass is 415 g/mol. The summed E-state index contributed by atoms with van der Waals surface area (Å²) in [4.78, 5) is 0. The van der Waals surface area contributed by atoms with Gasteiger partial charge in [-0.2, -0.15) is 17.9 Å². The molecule has 1 aliphatic heterocycles. The summed E-state index contributed by atoms with van der Waals surface area (Å²) in [5.74, 6) is 0. The Balaban J connectivity index is 0.00000208. The largest absolute Gasteiger partial charge is 0.370 e. The Morgan fingerprint density at radius 1 is 1.17 bits per heavy atom. The van der Waals surface area contributed by atoms with Gasteiger partial charge in [-0.3, -0.25) is 0 Å². The summed E-state index contributed by atoms with van der Waals surface area (Å²) in [5.41, 5.74) is 0.794. The molecule has 0 bridgehead atoms. The smallest absolute Gasteiger partial charge is 0.277 e. The fraction of sp³-hybridized carbons (Fsp3) is 0.571. The van der Waals surface area contributed by atoms with Gasteiger partial charge in [0.15, 0.2) is 0 Å². The van der Waals surface area contributed by atoms with E-state index in [-0.39, 0.29) is 18.4 Å². The van der Waals surface area contributed by atoms with E-state index in [2.05, 4.69) is 14.8 Å². The standard InChI is InChI=1S/C14H19Cl2N3O3S.ClH/c15-11-4-1-9(7-12(11)16)14-13(8-17-5-6-22-14)19-23(20,21)18-10-2-3-10;/h1,4,7,10,13-14,17-19H,2-3,5-6,8H2;1H/t13-,14+;/m1./s1. The van der Waals surface area contributed by atoms with Crippen LogP contribution in [0.15, 0.2) is 18.2 Å². The van der Waals surface area contributed by atoms with E-state index in [4.69, 9.17) is 27.9 Å². The number of halogens is 3. The van der Waals surface area contributed by atoms with E-state index >= 15 is 0 Å². The molecule has 0 radical (unpaired) electrons. The van der Waals surface area contributed by atoms with Gasteiger partial charge in [-0.05, 0) is 30.5 Å². The van der Waals surface area contributed by atoms with E-state index < -0.39 is 22.4 Å². The van der Waals surface area contributed by atoms with Gasteiger partial charge in [-0.15, -0.1) is 12.4 Å². The highest BCUT2D eigenvalue weighted by molar-refractivity contribution is 7.87. The number of benzene rings is 1. The minimum Gasteiger partial charge on any atom is -0.370 e. The van der Waals surface area contributed by atoms with E-state index in [1.807, 2.05) is 0 Å². The Kier molecular flexibility index (Phi) is 7.16. The van der Waals surface area contributed by atoms with Crippen LogP contribution in [-0.4, -0.2) is 40.2 Å². The summed E-state index contributed by atoms with van der Waals surface area (Å²) < 4.78 is 35.6. The Morgan fingerprint density at radius 3 is 2.58 bits per heavy atom. The van der Waals surface area contributed by atoms with Gasteiger partial charge in [0.05, 0.1) is 22.7 Å². The number of rotatable bonds is 5. The minimum atomic E-state index is -3.57. The average Bonchev–Trinajstić information content (AvgIpc) is 3.29. The molecular weight excluding hydrogens is 397 g/mol. The molecule has 2 aliphatic rings. The molecule has 1 aromatic rings. The van der Waals surface area contributed by atoms with Crippen LogP contribution in [0.1, 0.15) is 24.5 Å². The fourth-order valence-electron chi connectivity index (χ4n) is 2.51. The first kappa shape index (κ1) is 20.2. The van der Waals surface area contributed by atoms with Gasteiger partial charge < -0.3 is 10.1 Å². The maximum Gasteiger partial charge on any atom is 0.277 e. The summed E-state index contributed by atoms with van der Waals surface area (Å²) in [5, 5.41) is 4.05. The second-order valence-corrected chi connectivity index (χ2v) is 8.08. The molecular formula is C14H20Cl3N3O3S. The molecule has 1 aromatic carbocycles. The van der Waals surface area contributed by atoms with Gasteiger partial charge >= 0.3 is 0 Å². The summed E-state index contributed by atoms with van der Waals surface area (Å²) in [6.45, 7) is 1.61. The van der Waals surface area contributed by atoms with Crippen molar-refractivity contribution in [2.24, 2.45) is 0 Å². The van der Waals surface area contributed by atoms with Gasteiger partial charge in [-0.25, -0.2) is 0 Å². The zero-order valence-corrected chi connectivity index (χ0v) is 15.9. The molecule has 0 amide bonds. The molecule has 0 unspecified atom stereocenters. The Hall–Kier alpha value is -0.120. The van der Waals surface area contributed by atoms with Crippen molar-refractivity contribution in [3.8, 4) is 0 Å². The maximum absolute atomic E-state index is 12.2. The second-order valence-electron chi connectivity index (χ2n) is 5.79. The van der Waals surface area contributed by atoms with Crippen molar-refractivity contribution in [1.82, 2.24) is 14.8 Å². The first-order valence-corrected chi connectivity index (χ1v) is 9.75. The van der Waals surface area contributed by atoms with E-state index in [1.54, 1.807) is 18.2 Å². The lowest BCUT2D eigenvalue weighted by molar-refractivity contribution is 0.0492. The summed E-state index contributed by atoms with van der Waals surface area (Å²) in [7, 11) is -3.57. The van der Waals surface area contributed by atoms with E-state index in [9.17, 15) is 8.42 Å². The lowest BCUT2D eigenvalue weighted by atomic mass is 10.0. The molecule has 136 valence electrons. The predicted molar refractivity (Wildman–Crippen MR) is 97.3 cm³/mol. The van der Waals surface area contributed by atoms with Crippen molar-refractivity contribution in [1.29, 1.82) is 0 Å². The number of ether oxygens (including phenoxy) is 1. The van der Waals surface area contributed by atoms with Crippen LogP contribution >= 0.6 is 35.6 Å². The molecule has 10 heteroatoms. The molecule has 2 atom stereocenters. The number of nitrogens with one attached hydrogen (secondary N) is 3. The van der Waals surface area contributed by atoms with Crippen LogP contribution in [0.3, 0.4) is 0 Å². The third-order valence-corrected chi connectivity index (χ3v) is 5.78. The van der Waals surface area contributed by atoms with Crippen LogP contribution in [0, 0.1) is 0 Å². The first-order valence-electron chi connectivity index (χ1n) is 7.51. The highest BCUT2D eigenvalue weighted by atomic mass is 35.5. The highest BCUT2D eigenvalue weighted by Gasteiger charge is 2.33. The van der Waals surface area contributed by atoms with Gasteiger partial charge in [-0.1, -0.05) is 29.3 Å². The normalized spacial score (nSPS) is 24.9. The molecule has 24 heavy (non-hydrogen) atoms. The van der Waals surface area contributed by atoms with E-state index in [0.29, 0.717) is 29.7 Å². The van der Waals surface area contributed by atoms with Crippen molar-refractivity contribution < 1.29 is 13.2 Å². The quantitative estimate of drug-likeness (QED) is 0.686. The van der Waals surface area contributed by atoms with Crippen LogP contribution in [0.25, 0.3) is 0 Å². The molecule has 3 N–H and O–H groups in total. The van der Waals surface area contributed by atoms with Crippen LogP contribution in [0.4, 0.5) is 0 Å². The van der Waals surface area contributed by atoms with Crippen molar-refractivity contribution >= 4 is 45.8 Å². The van der Waals surface area contributed by atoms with Crippen LogP contribution in [-0.2, 0) is 14.9 Å². The summed E-state index contributed by atoms with van der Waals surface area (Å²) >= 11 is 12.0. The van der Waals surface area contributed by atoms with Crippen molar-refractivity contribution in [2.75, 3.05) is 19.7 Å². The topological polar surface area (TPSA) is 79.5 Å². The number of hydrogen-bond donors (Lipinski definition) is 3. The summed E-state index contributed by atoms with van der Waals surface area (Å²) in [6, 6.07) is 4.83. The zero-order valence-electron chi connectivity index (χ0n) is 12.8. The average molecular weight is 417 g/mol. The molecule has 3 rings (SSSR count). The Labute approximate surface area is 158 Å².